The summed E-state index contributed by atoms with van der Waals surface area (Å²) in [4.78, 5) is 0. The molecule has 0 saturated heterocycles. The number of benzene rings is 1. The Morgan fingerprint density at radius 2 is 1.59 bits per heavy atom. The van der Waals surface area contributed by atoms with Crippen LogP contribution in [0.1, 0.15) is 107 Å². The molecule has 0 heterocycles. The Labute approximate surface area is 207 Å². The number of nitriles is 1. The lowest BCUT2D eigenvalue weighted by molar-refractivity contribution is 0.295. The van der Waals surface area contributed by atoms with Crippen LogP contribution in [-0.4, -0.2) is 0 Å². The van der Waals surface area contributed by atoms with Gasteiger partial charge in [0, 0.05) is 0 Å². The number of unbranched alkanes of at least 4 members (excludes halogenated alkanes) is 2. The minimum absolute atomic E-state index is 0.719. The number of halogens is 1. The van der Waals surface area contributed by atoms with E-state index in [9.17, 15) is 4.39 Å². The highest BCUT2D eigenvalue weighted by molar-refractivity contribution is 5.26. The molecule has 0 spiro atoms. The largest absolute Gasteiger partial charge is 0.199 e. The Morgan fingerprint density at radius 3 is 2.21 bits per heavy atom. The van der Waals surface area contributed by atoms with Crippen LogP contribution in [0.5, 0.6) is 0 Å². The predicted octanol–water partition coefficient (Wildman–Crippen LogP) is 9.77. The number of rotatable bonds is 11. The van der Waals surface area contributed by atoms with E-state index in [1.165, 1.54) is 101 Å². The van der Waals surface area contributed by atoms with Gasteiger partial charge in [0.15, 0.2) is 5.83 Å². The lowest BCUT2D eigenvalue weighted by atomic mass is 9.76. The molecule has 184 valence electrons. The Bertz CT molecular complexity index is 825. The van der Waals surface area contributed by atoms with Gasteiger partial charge >= 0.3 is 0 Å². The Kier molecular flexibility index (Phi) is 11.7. The van der Waals surface area contributed by atoms with Crippen molar-refractivity contribution in [3.8, 4) is 6.07 Å². The van der Waals surface area contributed by atoms with Crippen LogP contribution in [0.3, 0.4) is 0 Å². The standard InChI is InChI=1S/C32H44FN/c1-2-3-5-8-27-17-21-30(22-18-27)31-23-19-29(20-24-31)16-15-28-13-11-26(12-14-28)9-6-4-7-10-32(33)25-34/h4,7,10,15-18,21-22,26,28-29,31H,2-3,5-6,8-9,11-14,19-20,23-24H2,1H3/t26-,28-,29-,31-. The van der Waals surface area contributed by atoms with Crippen molar-refractivity contribution in [3.05, 3.63) is 71.6 Å². The molecule has 2 saturated carbocycles. The Balaban J connectivity index is 1.32. The summed E-state index contributed by atoms with van der Waals surface area (Å²) in [5.41, 5.74) is 3.06. The molecule has 0 atom stereocenters. The van der Waals surface area contributed by atoms with Crippen LogP contribution in [0.15, 0.2) is 60.5 Å². The van der Waals surface area contributed by atoms with Gasteiger partial charge in [0.1, 0.15) is 6.07 Å². The summed E-state index contributed by atoms with van der Waals surface area (Å²) >= 11 is 0. The molecule has 0 aliphatic heterocycles. The normalized spacial score (nSPS) is 26.2. The summed E-state index contributed by atoms with van der Waals surface area (Å²) in [5, 5.41) is 8.41. The third-order valence-electron chi connectivity index (χ3n) is 8.07. The first-order valence-electron chi connectivity index (χ1n) is 13.9. The summed E-state index contributed by atoms with van der Waals surface area (Å²) in [6, 6.07) is 11.0. The number of allylic oxidation sites excluding steroid dienone is 6. The molecule has 1 aromatic carbocycles. The molecule has 0 amide bonds. The monoisotopic (exact) mass is 461 g/mol. The van der Waals surface area contributed by atoms with E-state index >= 15 is 0 Å². The average Bonchev–Trinajstić information content (AvgIpc) is 2.89. The van der Waals surface area contributed by atoms with E-state index in [-0.39, 0.29) is 0 Å². The van der Waals surface area contributed by atoms with Crippen molar-refractivity contribution in [2.75, 3.05) is 0 Å². The number of hydrogen-bond acceptors (Lipinski definition) is 1. The van der Waals surface area contributed by atoms with Gasteiger partial charge in [-0.05, 0) is 118 Å². The van der Waals surface area contributed by atoms with Crippen molar-refractivity contribution in [2.24, 2.45) is 17.8 Å². The van der Waals surface area contributed by atoms with Gasteiger partial charge in [-0.2, -0.15) is 9.65 Å². The first kappa shape index (κ1) is 26.5. The van der Waals surface area contributed by atoms with Gasteiger partial charge in [-0.25, -0.2) is 0 Å². The van der Waals surface area contributed by atoms with Crippen LogP contribution >= 0.6 is 0 Å². The van der Waals surface area contributed by atoms with E-state index < -0.39 is 5.83 Å². The van der Waals surface area contributed by atoms with Gasteiger partial charge < -0.3 is 0 Å². The average molecular weight is 462 g/mol. The molecule has 2 aliphatic carbocycles. The van der Waals surface area contributed by atoms with Gasteiger partial charge in [0.2, 0.25) is 0 Å². The summed E-state index contributed by atoms with van der Waals surface area (Å²) in [5.74, 6) is 2.37. The maximum absolute atomic E-state index is 12.8. The maximum Gasteiger partial charge on any atom is 0.199 e. The molecule has 0 radical (unpaired) electrons. The second-order valence-electron chi connectivity index (χ2n) is 10.6. The van der Waals surface area contributed by atoms with Crippen LogP contribution in [0.4, 0.5) is 4.39 Å². The van der Waals surface area contributed by atoms with Crippen LogP contribution < -0.4 is 0 Å². The summed E-state index contributed by atoms with van der Waals surface area (Å²) in [6.07, 6.45) is 27.9. The van der Waals surface area contributed by atoms with Crippen LogP contribution in [0.2, 0.25) is 0 Å². The minimum Gasteiger partial charge on any atom is -0.195 e. The third-order valence-corrected chi connectivity index (χ3v) is 8.07. The molecule has 0 bridgehead atoms. The van der Waals surface area contributed by atoms with Crippen LogP contribution in [0, 0.1) is 29.1 Å². The summed E-state index contributed by atoms with van der Waals surface area (Å²) in [6.45, 7) is 2.27. The van der Waals surface area contributed by atoms with Gasteiger partial charge in [-0.3, -0.25) is 0 Å². The molecule has 2 aliphatic rings. The predicted molar refractivity (Wildman–Crippen MR) is 142 cm³/mol. The zero-order valence-corrected chi connectivity index (χ0v) is 21.2. The zero-order valence-electron chi connectivity index (χ0n) is 21.2. The van der Waals surface area contributed by atoms with Crippen molar-refractivity contribution in [3.63, 3.8) is 0 Å². The molecular formula is C32H44FN. The fourth-order valence-corrected chi connectivity index (χ4v) is 5.78. The number of aryl methyl sites for hydroxylation is 1. The minimum atomic E-state index is -0.719. The van der Waals surface area contributed by atoms with E-state index in [2.05, 4.69) is 43.3 Å². The van der Waals surface area contributed by atoms with Gasteiger partial charge in [0.25, 0.3) is 0 Å². The lowest BCUT2D eigenvalue weighted by Crippen LogP contribution is -2.14. The molecule has 34 heavy (non-hydrogen) atoms. The lowest BCUT2D eigenvalue weighted by Gasteiger charge is -2.29. The Hall–Kier alpha value is -2.14. The molecule has 1 aromatic rings. The van der Waals surface area contributed by atoms with Gasteiger partial charge in [0.05, 0.1) is 0 Å². The molecule has 1 nitrogen and oxygen atoms in total. The molecule has 3 rings (SSSR count). The van der Waals surface area contributed by atoms with E-state index in [1.807, 2.05) is 6.08 Å². The fourth-order valence-electron chi connectivity index (χ4n) is 5.78. The van der Waals surface area contributed by atoms with Gasteiger partial charge in [-0.15, -0.1) is 0 Å². The smallest absolute Gasteiger partial charge is 0.195 e. The second kappa shape index (κ2) is 15.0. The Morgan fingerprint density at radius 1 is 0.941 bits per heavy atom. The van der Waals surface area contributed by atoms with E-state index in [4.69, 9.17) is 5.26 Å². The van der Waals surface area contributed by atoms with Crippen LogP contribution in [0.25, 0.3) is 0 Å². The fraction of sp³-hybridized carbons (Fsp3) is 0.594. The van der Waals surface area contributed by atoms with E-state index in [0.29, 0.717) is 0 Å². The molecular weight excluding hydrogens is 417 g/mol. The highest BCUT2D eigenvalue weighted by Gasteiger charge is 2.22. The summed E-state index contributed by atoms with van der Waals surface area (Å²) in [7, 11) is 0. The highest BCUT2D eigenvalue weighted by Crippen LogP contribution is 2.38. The second-order valence-corrected chi connectivity index (χ2v) is 10.6. The zero-order chi connectivity index (χ0) is 24.0. The van der Waals surface area contributed by atoms with E-state index in [1.54, 1.807) is 11.6 Å². The van der Waals surface area contributed by atoms with Crippen molar-refractivity contribution < 1.29 is 4.39 Å². The topological polar surface area (TPSA) is 23.8 Å². The molecule has 2 heteroatoms. The molecule has 0 unspecified atom stereocenters. The van der Waals surface area contributed by atoms with E-state index in [0.717, 1.165) is 30.1 Å². The number of hydrogen-bond donors (Lipinski definition) is 0. The van der Waals surface area contributed by atoms with Crippen molar-refractivity contribution in [2.45, 2.75) is 103 Å². The first-order valence-corrected chi connectivity index (χ1v) is 13.9. The van der Waals surface area contributed by atoms with Gasteiger partial charge in [-0.1, -0.05) is 68.3 Å². The molecule has 0 N–H and O–H groups in total. The first-order chi connectivity index (χ1) is 16.7. The summed E-state index contributed by atoms with van der Waals surface area (Å²) < 4.78 is 12.8. The molecule has 2 fully saturated rings. The highest BCUT2D eigenvalue weighted by atomic mass is 19.1. The van der Waals surface area contributed by atoms with Crippen LogP contribution in [-0.2, 0) is 6.42 Å². The number of nitrogens with zero attached hydrogens (tertiary/aromatic N) is 1. The third kappa shape index (κ3) is 9.25. The maximum atomic E-state index is 12.8. The quantitative estimate of drug-likeness (QED) is 0.139. The van der Waals surface area contributed by atoms with Crippen molar-refractivity contribution >= 4 is 0 Å². The van der Waals surface area contributed by atoms with Crippen molar-refractivity contribution in [1.82, 2.24) is 0 Å². The SMILES string of the molecule is CCCCCc1ccc([C@H]2CC[C@H](C=C[C@H]3CC[C@H](CCC=CC=C(F)C#N)CC3)CC2)cc1. The van der Waals surface area contributed by atoms with Crippen molar-refractivity contribution in [1.29, 1.82) is 5.26 Å². The molecule has 0 aromatic heterocycles.